The highest BCUT2D eigenvalue weighted by atomic mass is 15.2. The molecule has 5 heteroatoms. The van der Waals surface area contributed by atoms with Crippen molar-refractivity contribution in [2.75, 3.05) is 25.5 Å². The van der Waals surface area contributed by atoms with Gasteiger partial charge in [-0.15, -0.1) is 0 Å². The number of nitrogens with one attached hydrogen (secondary N) is 1. The quantitative estimate of drug-likeness (QED) is 0.792. The number of likely N-dealkylation sites (N-methyl/N-ethyl adjacent to an activating group) is 1. The van der Waals surface area contributed by atoms with Crippen molar-refractivity contribution in [3.63, 3.8) is 0 Å². The van der Waals surface area contributed by atoms with E-state index in [2.05, 4.69) is 27.2 Å². The highest BCUT2D eigenvalue weighted by Crippen LogP contribution is 2.24. The van der Waals surface area contributed by atoms with Crippen LogP contribution in [0.3, 0.4) is 0 Å². The molecule has 0 unspecified atom stereocenters. The van der Waals surface area contributed by atoms with Gasteiger partial charge in [0.25, 0.3) is 0 Å². The SMILES string of the molecule is CN(CCNc1nccnc1C#N)C1CC1. The third-order valence-corrected chi connectivity index (χ3v) is 2.73. The molecular formula is C11H15N5. The number of hydrogen-bond acceptors (Lipinski definition) is 5. The highest BCUT2D eigenvalue weighted by Gasteiger charge is 2.25. The first-order chi connectivity index (χ1) is 7.81. The minimum atomic E-state index is 0.358. The Labute approximate surface area is 95.1 Å². The summed E-state index contributed by atoms with van der Waals surface area (Å²) in [6, 6.07) is 2.78. The van der Waals surface area contributed by atoms with Gasteiger partial charge in [-0.3, -0.25) is 0 Å². The van der Waals surface area contributed by atoms with E-state index in [1.165, 1.54) is 19.0 Å². The fourth-order valence-corrected chi connectivity index (χ4v) is 1.60. The maximum Gasteiger partial charge on any atom is 0.182 e. The lowest BCUT2D eigenvalue weighted by Crippen LogP contribution is -2.27. The maximum atomic E-state index is 8.82. The minimum Gasteiger partial charge on any atom is -0.366 e. The second-order valence-corrected chi connectivity index (χ2v) is 4.00. The predicted molar refractivity (Wildman–Crippen MR) is 60.9 cm³/mol. The largest absolute Gasteiger partial charge is 0.366 e. The summed E-state index contributed by atoms with van der Waals surface area (Å²) < 4.78 is 0. The summed E-state index contributed by atoms with van der Waals surface area (Å²) in [6.07, 6.45) is 5.74. The van der Waals surface area contributed by atoms with Crippen molar-refractivity contribution in [1.29, 1.82) is 5.26 Å². The van der Waals surface area contributed by atoms with Crippen molar-refractivity contribution in [1.82, 2.24) is 14.9 Å². The van der Waals surface area contributed by atoms with E-state index in [-0.39, 0.29) is 0 Å². The predicted octanol–water partition coefficient (Wildman–Crippen LogP) is 0.854. The summed E-state index contributed by atoms with van der Waals surface area (Å²) in [5.41, 5.74) is 0.358. The number of nitrogens with zero attached hydrogens (tertiary/aromatic N) is 4. The van der Waals surface area contributed by atoms with Crippen LogP contribution >= 0.6 is 0 Å². The van der Waals surface area contributed by atoms with Gasteiger partial charge in [0.05, 0.1) is 0 Å². The summed E-state index contributed by atoms with van der Waals surface area (Å²) in [5.74, 6) is 0.578. The van der Waals surface area contributed by atoms with Crippen LogP contribution < -0.4 is 5.32 Å². The number of nitriles is 1. The smallest absolute Gasteiger partial charge is 0.182 e. The Hall–Kier alpha value is -1.67. The molecule has 1 heterocycles. The highest BCUT2D eigenvalue weighted by molar-refractivity contribution is 5.46. The fourth-order valence-electron chi connectivity index (χ4n) is 1.60. The van der Waals surface area contributed by atoms with Gasteiger partial charge in [-0.25, -0.2) is 9.97 Å². The van der Waals surface area contributed by atoms with Crippen LogP contribution in [0.2, 0.25) is 0 Å². The average molecular weight is 217 g/mol. The monoisotopic (exact) mass is 217 g/mol. The molecule has 0 saturated heterocycles. The van der Waals surface area contributed by atoms with Gasteiger partial charge in [0.2, 0.25) is 0 Å². The lowest BCUT2D eigenvalue weighted by atomic mass is 10.4. The minimum absolute atomic E-state index is 0.358. The van der Waals surface area contributed by atoms with E-state index in [9.17, 15) is 0 Å². The van der Waals surface area contributed by atoms with Crippen molar-refractivity contribution in [3.05, 3.63) is 18.1 Å². The first-order valence-corrected chi connectivity index (χ1v) is 5.46. The van der Waals surface area contributed by atoms with Crippen LogP contribution in [0.4, 0.5) is 5.82 Å². The lowest BCUT2D eigenvalue weighted by molar-refractivity contribution is 0.337. The molecule has 5 nitrogen and oxygen atoms in total. The number of hydrogen-bond donors (Lipinski definition) is 1. The standard InChI is InChI=1S/C11H15N5/c1-16(9-2-3-9)7-6-15-11-10(8-12)13-4-5-14-11/h4-5,9H,2-3,6-7H2,1H3,(H,14,15). The van der Waals surface area contributed by atoms with E-state index in [4.69, 9.17) is 5.26 Å². The summed E-state index contributed by atoms with van der Waals surface area (Å²) in [4.78, 5) is 10.4. The normalized spacial score (nSPS) is 14.8. The second kappa shape index (κ2) is 4.90. The maximum absolute atomic E-state index is 8.82. The van der Waals surface area contributed by atoms with Crippen molar-refractivity contribution in [2.24, 2.45) is 0 Å². The van der Waals surface area contributed by atoms with Crippen molar-refractivity contribution in [3.8, 4) is 6.07 Å². The molecule has 0 bridgehead atoms. The van der Waals surface area contributed by atoms with E-state index >= 15 is 0 Å². The summed E-state index contributed by atoms with van der Waals surface area (Å²) in [5, 5.41) is 12.0. The van der Waals surface area contributed by atoms with Gasteiger partial charge in [0.1, 0.15) is 6.07 Å². The van der Waals surface area contributed by atoms with Crippen LogP contribution in [0.1, 0.15) is 18.5 Å². The van der Waals surface area contributed by atoms with Gasteiger partial charge in [-0.2, -0.15) is 5.26 Å². The fraction of sp³-hybridized carbons (Fsp3) is 0.545. The lowest BCUT2D eigenvalue weighted by Gasteiger charge is -2.15. The Kier molecular flexibility index (Phi) is 3.32. The van der Waals surface area contributed by atoms with Gasteiger partial charge in [-0.05, 0) is 19.9 Å². The third kappa shape index (κ3) is 2.67. The Balaban J connectivity index is 1.82. The van der Waals surface area contributed by atoms with Crippen LogP contribution in [-0.4, -0.2) is 41.0 Å². The summed E-state index contributed by atoms with van der Waals surface area (Å²) in [6.45, 7) is 1.76. The van der Waals surface area contributed by atoms with E-state index in [0.29, 0.717) is 11.5 Å². The van der Waals surface area contributed by atoms with Crippen LogP contribution in [-0.2, 0) is 0 Å². The van der Waals surface area contributed by atoms with E-state index in [1.54, 1.807) is 6.20 Å². The molecule has 1 aromatic rings. The molecule has 0 aromatic carbocycles. The summed E-state index contributed by atoms with van der Waals surface area (Å²) in [7, 11) is 2.13. The number of anilines is 1. The Bertz CT molecular complexity index is 394. The molecule has 0 spiro atoms. The second-order valence-electron chi connectivity index (χ2n) is 4.00. The Morgan fingerprint density at radius 1 is 1.50 bits per heavy atom. The molecular weight excluding hydrogens is 202 g/mol. The summed E-state index contributed by atoms with van der Waals surface area (Å²) >= 11 is 0. The topological polar surface area (TPSA) is 64.8 Å². The van der Waals surface area contributed by atoms with Crippen molar-refractivity contribution >= 4 is 5.82 Å². The average Bonchev–Trinajstić information content (AvgIpc) is 3.13. The first-order valence-electron chi connectivity index (χ1n) is 5.46. The van der Waals surface area contributed by atoms with Crippen LogP contribution in [0.5, 0.6) is 0 Å². The molecule has 0 aliphatic heterocycles. The van der Waals surface area contributed by atoms with Gasteiger partial charge in [-0.1, -0.05) is 0 Å². The molecule has 1 aromatic heterocycles. The zero-order valence-electron chi connectivity index (χ0n) is 9.35. The molecule has 0 amide bonds. The van der Waals surface area contributed by atoms with Gasteiger partial charge >= 0.3 is 0 Å². The molecule has 16 heavy (non-hydrogen) atoms. The number of rotatable bonds is 5. The third-order valence-electron chi connectivity index (χ3n) is 2.73. The van der Waals surface area contributed by atoms with Crippen LogP contribution in [0, 0.1) is 11.3 Å². The Morgan fingerprint density at radius 3 is 2.94 bits per heavy atom. The zero-order valence-corrected chi connectivity index (χ0v) is 9.35. The molecule has 0 atom stereocenters. The molecule has 1 fully saturated rings. The number of aromatic nitrogens is 2. The molecule has 2 rings (SSSR count). The Morgan fingerprint density at radius 2 is 2.25 bits per heavy atom. The van der Waals surface area contributed by atoms with Crippen LogP contribution in [0.25, 0.3) is 0 Å². The molecule has 1 aliphatic rings. The van der Waals surface area contributed by atoms with E-state index in [0.717, 1.165) is 19.1 Å². The molecule has 84 valence electrons. The van der Waals surface area contributed by atoms with Gasteiger partial charge in [0, 0.05) is 31.5 Å². The van der Waals surface area contributed by atoms with Gasteiger partial charge in [0.15, 0.2) is 11.5 Å². The van der Waals surface area contributed by atoms with Gasteiger partial charge < -0.3 is 10.2 Å². The molecule has 0 radical (unpaired) electrons. The molecule has 1 aliphatic carbocycles. The first kappa shape index (κ1) is 10.8. The van der Waals surface area contributed by atoms with E-state index < -0.39 is 0 Å². The van der Waals surface area contributed by atoms with Crippen LogP contribution in [0.15, 0.2) is 12.4 Å². The van der Waals surface area contributed by atoms with Crippen molar-refractivity contribution < 1.29 is 0 Å². The molecule has 1 N–H and O–H groups in total. The van der Waals surface area contributed by atoms with Crippen molar-refractivity contribution in [2.45, 2.75) is 18.9 Å². The zero-order chi connectivity index (χ0) is 11.4. The molecule has 1 saturated carbocycles. The van der Waals surface area contributed by atoms with E-state index in [1.807, 2.05) is 6.07 Å².